The number of anilines is 1. The van der Waals surface area contributed by atoms with Gasteiger partial charge in [-0.3, -0.25) is 9.59 Å². The molecule has 0 spiro atoms. The Morgan fingerprint density at radius 3 is 2.51 bits per heavy atom. The van der Waals surface area contributed by atoms with Crippen LogP contribution >= 0.6 is 0 Å². The number of carbonyl (C=O) groups is 2. The molecule has 2 heterocycles. The van der Waals surface area contributed by atoms with Crippen LogP contribution in [0.15, 0.2) is 53.4 Å². The summed E-state index contributed by atoms with van der Waals surface area (Å²) < 4.78 is 29.0. The first-order chi connectivity index (χ1) is 17.8. The maximum Gasteiger partial charge on any atom is 0.251 e. The van der Waals surface area contributed by atoms with Crippen LogP contribution in [-0.2, 0) is 19.4 Å². The second kappa shape index (κ2) is 10.5. The molecule has 2 aliphatic heterocycles. The van der Waals surface area contributed by atoms with E-state index in [2.05, 4.69) is 22.8 Å². The average molecular weight is 526 g/mol. The Bertz CT molecular complexity index is 1260. The Labute approximate surface area is 218 Å². The van der Waals surface area contributed by atoms with Gasteiger partial charge in [-0.05, 0) is 55.2 Å². The minimum atomic E-state index is -3.33. The van der Waals surface area contributed by atoms with Crippen molar-refractivity contribution in [2.75, 3.05) is 31.8 Å². The molecule has 0 unspecified atom stereocenters. The van der Waals surface area contributed by atoms with Crippen LogP contribution in [0.25, 0.3) is 0 Å². The Balaban J connectivity index is 1.35. The number of hydrogen-bond donors (Lipinski definition) is 2. The number of ether oxygens (including phenoxy) is 1. The maximum atomic E-state index is 14.1. The molecule has 1 saturated carbocycles. The van der Waals surface area contributed by atoms with Crippen LogP contribution < -0.4 is 10.6 Å². The Hall–Kier alpha value is -2.91. The molecule has 0 bridgehead atoms. The largest absolute Gasteiger partial charge is 0.383 e. The summed E-state index contributed by atoms with van der Waals surface area (Å²) in [6, 6.07) is 14.0. The van der Waals surface area contributed by atoms with Gasteiger partial charge >= 0.3 is 0 Å². The highest BCUT2D eigenvalue weighted by molar-refractivity contribution is 7.90. The zero-order chi connectivity index (χ0) is 26.2. The zero-order valence-corrected chi connectivity index (χ0v) is 22.2. The molecule has 5 atom stereocenters. The number of methoxy groups -OCH3 is 1. The number of sulfone groups is 1. The molecule has 2 aromatic rings. The van der Waals surface area contributed by atoms with Crippen molar-refractivity contribution in [3.63, 3.8) is 0 Å². The fourth-order valence-electron chi connectivity index (χ4n) is 6.34. The lowest BCUT2D eigenvalue weighted by Gasteiger charge is -2.41. The van der Waals surface area contributed by atoms with E-state index in [1.54, 1.807) is 7.11 Å². The summed E-state index contributed by atoms with van der Waals surface area (Å²) in [6.45, 7) is 1.27. The van der Waals surface area contributed by atoms with Gasteiger partial charge < -0.3 is 20.3 Å². The molecule has 0 radical (unpaired) electrons. The highest BCUT2D eigenvalue weighted by Crippen LogP contribution is 2.47. The summed E-state index contributed by atoms with van der Waals surface area (Å²) in [6.07, 6.45) is 5.44. The second-order valence-electron chi connectivity index (χ2n) is 10.5. The van der Waals surface area contributed by atoms with E-state index < -0.39 is 9.84 Å². The molecule has 1 saturated heterocycles. The van der Waals surface area contributed by atoms with Crippen LogP contribution in [0.1, 0.15) is 54.1 Å². The summed E-state index contributed by atoms with van der Waals surface area (Å²) in [7, 11) is -1.63. The highest BCUT2D eigenvalue weighted by atomic mass is 32.2. The molecule has 5 rings (SSSR count). The van der Waals surface area contributed by atoms with Crippen LogP contribution in [0, 0.1) is 11.8 Å². The van der Waals surface area contributed by atoms with E-state index in [9.17, 15) is 18.0 Å². The number of rotatable bonds is 6. The fourth-order valence-corrected chi connectivity index (χ4v) is 6.97. The fraction of sp³-hybridized carbons (Fsp3) is 0.500. The summed E-state index contributed by atoms with van der Waals surface area (Å²) >= 11 is 0. The lowest BCUT2D eigenvalue weighted by atomic mass is 9.81. The van der Waals surface area contributed by atoms with Gasteiger partial charge in [0.15, 0.2) is 9.84 Å². The first-order valence-corrected chi connectivity index (χ1v) is 14.9. The molecule has 2 fully saturated rings. The van der Waals surface area contributed by atoms with Crippen LogP contribution in [0.4, 0.5) is 5.69 Å². The Morgan fingerprint density at radius 1 is 1.05 bits per heavy atom. The Kier molecular flexibility index (Phi) is 7.27. The van der Waals surface area contributed by atoms with Gasteiger partial charge in [-0.25, -0.2) is 8.42 Å². The molecule has 1 aliphatic carbocycles. The average Bonchev–Trinajstić information content (AvgIpc) is 3.34. The van der Waals surface area contributed by atoms with E-state index in [4.69, 9.17) is 4.74 Å². The molecule has 3 aliphatic rings. The number of benzene rings is 2. The van der Waals surface area contributed by atoms with Gasteiger partial charge in [-0.15, -0.1) is 0 Å². The number of likely N-dealkylation sites (tertiary alicyclic amines) is 1. The monoisotopic (exact) mass is 525 g/mol. The number of nitrogens with zero attached hydrogens (tertiary/aromatic N) is 1. The van der Waals surface area contributed by atoms with Crippen molar-refractivity contribution < 1.29 is 22.7 Å². The van der Waals surface area contributed by atoms with E-state index >= 15 is 0 Å². The van der Waals surface area contributed by atoms with Crippen molar-refractivity contribution in [1.82, 2.24) is 10.2 Å². The lowest BCUT2D eigenvalue weighted by molar-refractivity contribution is -0.139. The number of fused-ring (bicyclic) bond motifs is 3. The second-order valence-corrected chi connectivity index (χ2v) is 12.5. The molecule has 2 amide bonds. The number of para-hydroxylation sites is 1. The van der Waals surface area contributed by atoms with E-state index in [1.807, 2.05) is 17.0 Å². The van der Waals surface area contributed by atoms with E-state index in [0.717, 1.165) is 49.6 Å². The summed E-state index contributed by atoms with van der Waals surface area (Å²) in [5, 5.41) is 6.72. The summed E-state index contributed by atoms with van der Waals surface area (Å²) in [4.78, 5) is 29.3. The van der Waals surface area contributed by atoms with Crippen molar-refractivity contribution in [2.24, 2.45) is 11.8 Å². The highest BCUT2D eigenvalue weighted by Gasteiger charge is 2.48. The Morgan fingerprint density at radius 2 is 1.78 bits per heavy atom. The summed E-state index contributed by atoms with van der Waals surface area (Å²) in [5.74, 6) is -0.187. The van der Waals surface area contributed by atoms with Crippen LogP contribution in [0.2, 0.25) is 0 Å². The van der Waals surface area contributed by atoms with Gasteiger partial charge in [0, 0.05) is 43.1 Å². The van der Waals surface area contributed by atoms with Crippen LogP contribution in [0.3, 0.4) is 0 Å². The number of nitrogens with one attached hydrogen (secondary N) is 2. The minimum Gasteiger partial charge on any atom is -0.383 e. The van der Waals surface area contributed by atoms with Gasteiger partial charge in [0.05, 0.1) is 29.5 Å². The quantitative estimate of drug-likeness (QED) is 0.599. The third-order valence-electron chi connectivity index (χ3n) is 8.16. The van der Waals surface area contributed by atoms with Crippen LogP contribution in [0.5, 0.6) is 0 Å². The first-order valence-electron chi connectivity index (χ1n) is 13.0. The van der Waals surface area contributed by atoms with Crippen LogP contribution in [-0.4, -0.2) is 63.7 Å². The van der Waals surface area contributed by atoms with Crippen molar-refractivity contribution >= 4 is 27.3 Å². The van der Waals surface area contributed by atoms with Crippen molar-refractivity contribution in [1.29, 1.82) is 0 Å². The number of hydrogen-bond acceptors (Lipinski definition) is 6. The SMILES string of the molecule is COC[C@@H]1Nc2ccccc2[C@H]2[C@H]1CCN2C(=O)[C@H]1CCCC[C@H]1NC(=O)c1ccc(S(C)(=O)=O)cc1. The summed E-state index contributed by atoms with van der Waals surface area (Å²) in [5.41, 5.74) is 2.59. The molecule has 0 aromatic heterocycles. The lowest BCUT2D eigenvalue weighted by Crippen LogP contribution is -2.50. The van der Waals surface area contributed by atoms with Crippen molar-refractivity contribution in [2.45, 2.75) is 55.1 Å². The van der Waals surface area contributed by atoms with E-state index in [0.29, 0.717) is 18.7 Å². The molecule has 2 N–H and O–H groups in total. The number of carbonyl (C=O) groups excluding carboxylic acids is 2. The smallest absolute Gasteiger partial charge is 0.251 e. The van der Waals surface area contributed by atoms with Gasteiger partial charge in [-0.2, -0.15) is 0 Å². The first kappa shape index (κ1) is 25.7. The van der Waals surface area contributed by atoms with Gasteiger partial charge in [0.1, 0.15) is 0 Å². The normalized spacial score (nSPS) is 27.1. The molecular weight excluding hydrogens is 490 g/mol. The molecule has 37 heavy (non-hydrogen) atoms. The predicted octanol–water partition coefficient (Wildman–Crippen LogP) is 3.41. The number of amides is 2. The van der Waals surface area contributed by atoms with Gasteiger partial charge in [0.2, 0.25) is 5.91 Å². The standard InChI is InChI=1S/C28H35N3O5S/c1-36-17-25-21-15-16-31(26(21)20-7-3-5-9-23(20)29-25)28(33)22-8-4-6-10-24(22)30-27(32)18-11-13-19(14-12-18)37(2,34)35/h3,5,7,9,11-14,21-22,24-26,29H,4,6,8,10,15-17H2,1-2H3,(H,30,32)/t21-,22-,24+,25-,26-/m0/s1. The van der Waals surface area contributed by atoms with E-state index in [1.165, 1.54) is 24.3 Å². The topological polar surface area (TPSA) is 105 Å². The van der Waals surface area contributed by atoms with E-state index in [-0.39, 0.29) is 46.7 Å². The minimum absolute atomic E-state index is 0.00749. The molecule has 2 aromatic carbocycles. The maximum absolute atomic E-state index is 14.1. The molecule has 9 heteroatoms. The van der Waals surface area contributed by atoms with Gasteiger partial charge in [-0.1, -0.05) is 31.0 Å². The van der Waals surface area contributed by atoms with Crippen molar-refractivity contribution in [3.8, 4) is 0 Å². The zero-order valence-electron chi connectivity index (χ0n) is 21.4. The van der Waals surface area contributed by atoms with Gasteiger partial charge in [0.25, 0.3) is 5.91 Å². The molecular formula is C28H35N3O5S. The third-order valence-corrected chi connectivity index (χ3v) is 9.28. The predicted molar refractivity (Wildman–Crippen MR) is 141 cm³/mol. The third kappa shape index (κ3) is 5.11. The van der Waals surface area contributed by atoms with Crippen molar-refractivity contribution in [3.05, 3.63) is 59.7 Å². The molecule has 198 valence electrons. The molecule has 8 nitrogen and oxygen atoms in total.